The molecular weight excluding hydrogens is 346 g/mol. The Hall–Kier alpha value is -2.25. The van der Waals surface area contributed by atoms with Gasteiger partial charge in [-0.25, -0.2) is 0 Å². The SMILES string of the molecule is COc1ccc(OCc2cc(C(=O)NC[C@H]3CCOC3)n[nH]2)c(Cl)c1. The van der Waals surface area contributed by atoms with Crippen LogP contribution < -0.4 is 14.8 Å². The molecule has 134 valence electrons. The molecule has 25 heavy (non-hydrogen) atoms. The number of aromatic amines is 1. The molecule has 8 heteroatoms. The number of methoxy groups -OCH3 is 1. The fourth-order valence-corrected chi connectivity index (χ4v) is 2.73. The van der Waals surface area contributed by atoms with E-state index in [4.69, 9.17) is 25.8 Å². The minimum atomic E-state index is -0.211. The van der Waals surface area contributed by atoms with E-state index >= 15 is 0 Å². The van der Waals surface area contributed by atoms with Gasteiger partial charge in [0.2, 0.25) is 0 Å². The van der Waals surface area contributed by atoms with Crippen LogP contribution in [0.3, 0.4) is 0 Å². The lowest BCUT2D eigenvalue weighted by atomic mass is 10.1. The van der Waals surface area contributed by atoms with E-state index in [0.29, 0.717) is 47.0 Å². The van der Waals surface area contributed by atoms with Gasteiger partial charge in [0.15, 0.2) is 0 Å². The van der Waals surface area contributed by atoms with Gasteiger partial charge >= 0.3 is 0 Å². The largest absolute Gasteiger partial charge is 0.497 e. The Morgan fingerprint density at radius 2 is 2.36 bits per heavy atom. The standard InChI is InChI=1S/C17H20ClN3O4/c1-23-13-2-3-16(14(18)7-13)25-10-12-6-15(21-20-12)17(22)19-8-11-4-5-24-9-11/h2-3,6-7,11H,4-5,8-10H2,1H3,(H,19,22)(H,20,21)/t11-/m1/s1. The van der Waals surface area contributed by atoms with E-state index in [2.05, 4.69) is 15.5 Å². The summed E-state index contributed by atoms with van der Waals surface area (Å²) in [6.07, 6.45) is 0.975. The third-order valence-corrected chi connectivity index (χ3v) is 4.26. The first-order chi connectivity index (χ1) is 12.2. The van der Waals surface area contributed by atoms with Crippen molar-refractivity contribution in [2.24, 2.45) is 5.92 Å². The lowest BCUT2D eigenvalue weighted by Gasteiger charge is -2.08. The second-order valence-corrected chi connectivity index (χ2v) is 6.21. The molecule has 2 heterocycles. The van der Waals surface area contributed by atoms with Crippen molar-refractivity contribution < 1.29 is 19.0 Å². The highest BCUT2D eigenvalue weighted by atomic mass is 35.5. The average molecular weight is 366 g/mol. The number of nitrogens with zero attached hydrogens (tertiary/aromatic N) is 1. The maximum Gasteiger partial charge on any atom is 0.271 e. The summed E-state index contributed by atoms with van der Waals surface area (Å²) in [6.45, 7) is 2.28. The molecule has 3 rings (SSSR count). The van der Waals surface area contributed by atoms with Crippen LogP contribution in [0.15, 0.2) is 24.3 Å². The van der Waals surface area contributed by atoms with Crippen LogP contribution in [-0.4, -0.2) is 43.0 Å². The van der Waals surface area contributed by atoms with Gasteiger partial charge < -0.3 is 19.5 Å². The van der Waals surface area contributed by atoms with Gasteiger partial charge in [-0.15, -0.1) is 0 Å². The van der Waals surface area contributed by atoms with Gasteiger partial charge in [-0.1, -0.05) is 11.6 Å². The van der Waals surface area contributed by atoms with Crippen molar-refractivity contribution in [1.29, 1.82) is 0 Å². The fraction of sp³-hybridized carbons (Fsp3) is 0.412. The molecule has 1 aromatic carbocycles. The van der Waals surface area contributed by atoms with Gasteiger partial charge in [0.1, 0.15) is 23.8 Å². The predicted molar refractivity (Wildman–Crippen MR) is 92.2 cm³/mol. The summed E-state index contributed by atoms with van der Waals surface area (Å²) in [5.41, 5.74) is 1.01. The molecule has 2 N–H and O–H groups in total. The quantitative estimate of drug-likeness (QED) is 0.787. The Bertz CT molecular complexity index is 728. The first kappa shape index (κ1) is 17.6. The number of nitrogens with one attached hydrogen (secondary N) is 2. The molecule has 1 aliphatic rings. The van der Waals surface area contributed by atoms with E-state index in [1.165, 1.54) is 0 Å². The molecule has 0 bridgehead atoms. The molecule has 7 nitrogen and oxygen atoms in total. The highest BCUT2D eigenvalue weighted by molar-refractivity contribution is 6.32. The first-order valence-corrected chi connectivity index (χ1v) is 8.40. The summed E-state index contributed by atoms with van der Waals surface area (Å²) < 4.78 is 16.0. The molecule has 1 aliphatic heterocycles. The van der Waals surface area contributed by atoms with Crippen molar-refractivity contribution in [2.45, 2.75) is 13.0 Å². The van der Waals surface area contributed by atoms with Crippen LogP contribution in [0.1, 0.15) is 22.6 Å². The molecule has 2 aromatic rings. The summed E-state index contributed by atoms with van der Waals surface area (Å²) in [5.74, 6) is 1.36. The van der Waals surface area contributed by atoms with Crippen molar-refractivity contribution >= 4 is 17.5 Å². The second-order valence-electron chi connectivity index (χ2n) is 5.80. The molecule has 1 fully saturated rings. The summed E-state index contributed by atoms with van der Waals surface area (Å²) in [4.78, 5) is 12.1. The van der Waals surface area contributed by atoms with E-state index in [9.17, 15) is 4.79 Å². The number of amides is 1. The van der Waals surface area contributed by atoms with Gasteiger partial charge in [-0.2, -0.15) is 5.10 Å². The number of carbonyl (C=O) groups excluding carboxylic acids is 1. The number of hydrogen-bond donors (Lipinski definition) is 2. The van der Waals surface area contributed by atoms with Gasteiger partial charge in [-0.3, -0.25) is 9.89 Å². The Morgan fingerprint density at radius 1 is 1.48 bits per heavy atom. The molecule has 0 aliphatic carbocycles. The van der Waals surface area contributed by atoms with E-state index in [0.717, 1.165) is 13.0 Å². The van der Waals surface area contributed by atoms with Gasteiger partial charge in [0.05, 0.1) is 24.4 Å². The number of carbonyl (C=O) groups is 1. The van der Waals surface area contributed by atoms with Gasteiger partial charge in [0.25, 0.3) is 5.91 Å². The number of rotatable bonds is 7. The summed E-state index contributed by atoms with van der Waals surface area (Å²) in [5, 5.41) is 10.1. The molecule has 1 amide bonds. The maximum atomic E-state index is 12.1. The molecule has 0 saturated carbocycles. The molecule has 1 aromatic heterocycles. The summed E-state index contributed by atoms with van der Waals surface area (Å²) in [7, 11) is 1.57. The number of H-pyrrole nitrogens is 1. The lowest BCUT2D eigenvalue weighted by molar-refractivity contribution is 0.0940. The summed E-state index contributed by atoms with van der Waals surface area (Å²) >= 11 is 6.13. The van der Waals surface area contributed by atoms with E-state index in [1.807, 2.05) is 0 Å². The smallest absolute Gasteiger partial charge is 0.271 e. The third kappa shape index (κ3) is 4.64. The number of halogens is 1. The van der Waals surface area contributed by atoms with Crippen LogP contribution in [-0.2, 0) is 11.3 Å². The average Bonchev–Trinajstić information content (AvgIpc) is 3.30. The van der Waals surface area contributed by atoms with Crippen molar-refractivity contribution in [3.05, 3.63) is 40.7 Å². The maximum absolute atomic E-state index is 12.1. The number of ether oxygens (including phenoxy) is 3. The monoisotopic (exact) mass is 365 g/mol. The highest BCUT2D eigenvalue weighted by Crippen LogP contribution is 2.29. The van der Waals surface area contributed by atoms with E-state index < -0.39 is 0 Å². The first-order valence-electron chi connectivity index (χ1n) is 8.02. The molecule has 1 saturated heterocycles. The van der Waals surface area contributed by atoms with E-state index in [1.54, 1.807) is 31.4 Å². The highest BCUT2D eigenvalue weighted by Gasteiger charge is 2.18. The van der Waals surface area contributed by atoms with Crippen LogP contribution in [0.5, 0.6) is 11.5 Å². The van der Waals surface area contributed by atoms with E-state index in [-0.39, 0.29) is 12.5 Å². The van der Waals surface area contributed by atoms with Crippen LogP contribution in [0.4, 0.5) is 0 Å². The summed E-state index contributed by atoms with van der Waals surface area (Å²) in [6, 6.07) is 6.84. The number of aromatic nitrogens is 2. The second kappa shape index (κ2) is 8.22. The minimum Gasteiger partial charge on any atom is -0.497 e. The topological polar surface area (TPSA) is 85.5 Å². The Labute approximate surface area is 150 Å². The van der Waals surface area contributed by atoms with Gasteiger partial charge in [-0.05, 0) is 24.6 Å². The van der Waals surface area contributed by atoms with Crippen LogP contribution in [0.25, 0.3) is 0 Å². The predicted octanol–water partition coefficient (Wildman–Crippen LogP) is 2.42. The zero-order valence-electron chi connectivity index (χ0n) is 13.9. The fourth-order valence-electron chi connectivity index (χ4n) is 2.50. The zero-order valence-corrected chi connectivity index (χ0v) is 14.6. The Balaban J connectivity index is 1.51. The Morgan fingerprint density at radius 3 is 3.08 bits per heavy atom. The van der Waals surface area contributed by atoms with Crippen molar-refractivity contribution in [3.63, 3.8) is 0 Å². The van der Waals surface area contributed by atoms with Crippen LogP contribution in [0, 0.1) is 5.92 Å². The normalized spacial score (nSPS) is 16.6. The molecule has 0 radical (unpaired) electrons. The van der Waals surface area contributed by atoms with Crippen LogP contribution in [0.2, 0.25) is 5.02 Å². The van der Waals surface area contributed by atoms with Crippen molar-refractivity contribution in [1.82, 2.24) is 15.5 Å². The molecule has 0 unspecified atom stereocenters. The van der Waals surface area contributed by atoms with Crippen molar-refractivity contribution in [2.75, 3.05) is 26.9 Å². The molecule has 1 atom stereocenters. The number of benzene rings is 1. The number of hydrogen-bond acceptors (Lipinski definition) is 5. The lowest BCUT2D eigenvalue weighted by Crippen LogP contribution is -2.29. The minimum absolute atomic E-state index is 0.211. The van der Waals surface area contributed by atoms with Crippen LogP contribution >= 0.6 is 11.6 Å². The molecule has 0 spiro atoms. The Kier molecular flexibility index (Phi) is 5.78. The molecular formula is C17H20ClN3O4. The van der Waals surface area contributed by atoms with Gasteiger partial charge in [0, 0.05) is 25.1 Å². The zero-order chi connectivity index (χ0) is 17.6. The third-order valence-electron chi connectivity index (χ3n) is 3.96. The van der Waals surface area contributed by atoms with Crippen molar-refractivity contribution in [3.8, 4) is 11.5 Å².